The van der Waals surface area contributed by atoms with E-state index in [1.165, 1.54) is 22.8 Å². The van der Waals surface area contributed by atoms with Crippen molar-refractivity contribution in [2.45, 2.75) is 18.6 Å². The molecular weight excluding hydrogens is 382 g/mol. The van der Waals surface area contributed by atoms with E-state index in [0.717, 1.165) is 0 Å². The first-order valence-corrected chi connectivity index (χ1v) is 9.00. The van der Waals surface area contributed by atoms with Crippen molar-refractivity contribution in [3.63, 3.8) is 0 Å². The van der Waals surface area contributed by atoms with Gasteiger partial charge in [0.15, 0.2) is 11.3 Å². The molecule has 3 N–H and O–H groups in total. The van der Waals surface area contributed by atoms with Crippen LogP contribution in [0.5, 0.6) is 0 Å². The number of nitrogens with one attached hydrogen (secondary N) is 1. The topological polar surface area (TPSA) is 106 Å². The molecule has 29 heavy (non-hydrogen) atoms. The summed E-state index contributed by atoms with van der Waals surface area (Å²) in [6.07, 6.45) is 0.440. The maximum Gasteiger partial charge on any atom is 0.272 e. The van der Waals surface area contributed by atoms with E-state index in [2.05, 4.69) is 15.4 Å². The average molecular weight is 400 g/mol. The number of amides is 2. The van der Waals surface area contributed by atoms with Gasteiger partial charge in [0.05, 0.1) is 25.3 Å². The summed E-state index contributed by atoms with van der Waals surface area (Å²) >= 11 is 0. The molecule has 0 unspecified atom stereocenters. The molecule has 1 fully saturated rings. The lowest BCUT2D eigenvalue weighted by Gasteiger charge is -2.25. The van der Waals surface area contributed by atoms with Crippen molar-refractivity contribution in [3.05, 3.63) is 59.7 Å². The number of alkyl halides is 1. The minimum Gasteiger partial charge on any atom is -0.368 e. The molecule has 10 heteroatoms. The van der Waals surface area contributed by atoms with Crippen LogP contribution >= 0.6 is 0 Å². The quantitative estimate of drug-likeness (QED) is 0.673. The van der Waals surface area contributed by atoms with Crippen molar-refractivity contribution in [2.75, 3.05) is 18.0 Å². The number of carbonyl (C=O) groups is 2. The predicted molar refractivity (Wildman–Crippen MR) is 101 cm³/mol. The zero-order valence-electron chi connectivity index (χ0n) is 15.3. The lowest BCUT2D eigenvalue weighted by molar-refractivity contribution is -0.117. The van der Waals surface area contributed by atoms with Crippen LogP contribution < -0.4 is 16.0 Å². The molecule has 8 nitrogen and oxygen atoms in total. The van der Waals surface area contributed by atoms with Crippen molar-refractivity contribution >= 4 is 23.3 Å². The van der Waals surface area contributed by atoms with Crippen molar-refractivity contribution in [1.29, 1.82) is 0 Å². The molecule has 3 heterocycles. The average Bonchev–Trinajstić information content (AvgIpc) is 3.29. The fraction of sp³-hybridized carbons (Fsp3) is 0.263. The van der Waals surface area contributed by atoms with Gasteiger partial charge in [0.1, 0.15) is 17.8 Å². The second kappa shape index (κ2) is 7.46. The molecule has 4 rings (SSSR count). The van der Waals surface area contributed by atoms with Crippen LogP contribution in [0.3, 0.4) is 0 Å². The summed E-state index contributed by atoms with van der Waals surface area (Å²) in [5.41, 5.74) is 6.22. The van der Waals surface area contributed by atoms with Crippen LogP contribution in [0.1, 0.15) is 28.5 Å². The van der Waals surface area contributed by atoms with Gasteiger partial charge >= 0.3 is 0 Å². The first-order chi connectivity index (χ1) is 13.9. The summed E-state index contributed by atoms with van der Waals surface area (Å²) in [5.74, 6) is -1.21. The molecule has 1 saturated heterocycles. The smallest absolute Gasteiger partial charge is 0.272 e. The second-order valence-electron chi connectivity index (χ2n) is 6.81. The molecule has 0 spiro atoms. The number of nitrogens with zero attached hydrogens (tertiary/aromatic N) is 4. The highest BCUT2D eigenvalue weighted by atomic mass is 19.1. The van der Waals surface area contributed by atoms with Crippen LogP contribution in [0.15, 0.2) is 42.6 Å². The Balaban J connectivity index is 1.68. The molecule has 2 amide bonds. The van der Waals surface area contributed by atoms with Crippen LogP contribution in [-0.4, -0.2) is 45.7 Å². The Labute approximate surface area is 164 Å². The number of aromatic nitrogens is 3. The van der Waals surface area contributed by atoms with Crippen molar-refractivity contribution in [2.24, 2.45) is 5.73 Å². The number of halogens is 2. The molecule has 1 aliphatic rings. The molecule has 1 aliphatic heterocycles. The number of imidazole rings is 1. The largest absolute Gasteiger partial charge is 0.368 e. The van der Waals surface area contributed by atoms with Crippen LogP contribution in [0.4, 0.5) is 14.6 Å². The van der Waals surface area contributed by atoms with E-state index in [9.17, 15) is 18.4 Å². The number of fused-ring (bicyclic) bond motifs is 1. The van der Waals surface area contributed by atoms with E-state index in [1.54, 1.807) is 29.2 Å². The number of carbonyl (C=O) groups excluding carboxylic acids is 2. The molecule has 0 saturated carbocycles. The number of anilines is 1. The van der Waals surface area contributed by atoms with E-state index in [4.69, 9.17) is 5.73 Å². The summed E-state index contributed by atoms with van der Waals surface area (Å²) in [6.45, 7) is -0.222. The predicted octanol–water partition coefficient (Wildman–Crippen LogP) is 1.37. The van der Waals surface area contributed by atoms with Gasteiger partial charge in [-0.15, -0.1) is 5.10 Å². The van der Waals surface area contributed by atoms with E-state index >= 15 is 0 Å². The molecule has 3 aromatic rings. The third-order valence-electron chi connectivity index (χ3n) is 4.78. The molecule has 150 valence electrons. The summed E-state index contributed by atoms with van der Waals surface area (Å²) in [5, 5.41) is 6.82. The number of hydrogen-bond donors (Lipinski definition) is 2. The molecule has 0 bridgehead atoms. The van der Waals surface area contributed by atoms with E-state index in [1.807, 2.05) is 0 Å². The van der Waals surface area contributed by atoms with Gasteiger partial charge in [-0.1, -0.05) is 12.1 Å². The van der Waals surface area contributed by atoms with Crippen molar-refractivity contribution in [1.82, 2.24) is 19.9 Å². The Morgan fingerprint density at radius 2 is 2.10 bits per heavy atom. The van der Waals surface area contributed by atoms with Gasteiger partial charge in [0, 0.05) is 6.42 Å². The van der Waals surface area contributed by atoms with Gasteiger partial charge in [-0.2, -0.15) is 0 Å². The van der Waals surface area contributed by atoms with Gasteiger partial charge in [-0.25, -0.2) is 18.3 Å². The van der Waals surface area contributed by atoms with E-state index in [-0.39, 0.29) is 31.2 Å². The highest BCUT2D eigenvalue weighted by Crippen LogP contribution is 2.36. The maximum absolute atomic E-state index is 14.2. The summed E-state index contributed by atoms with van der Waals surface area (Å²) in [4.78, 5) is 29.0. The molecule has 1 aromatic carbocycles. The number of benzene rings is 1. The summed E-state index contributed by atoms with van der Waals surface area (Å²) in [7, 11) is 0. The maximum atomic E-state index is 14.2. The van der Waals surface area contributed by atoms with Crippen molar-refractivity contribution in [3.8, 4) is 0 Å². The van der Waals surface area contributed by atoms with Crippen LogP contribution in [0, 0.1) is 5.82 Å². The fourth-order valence-electron chi connectivity index (χ4n) is 3.50. The Morgan fingerprint density at radius 3 is 2.86 bits per heavy atom. The van der Waals surface area contributed by atoms with Gasteiger partial charge in [-0.05, 0) is 29.8 Å². The lowest BCUT2D eigenvalue weighted by Crippen LogP contribution is -2.34. The summed E-state index contributed by atoms with van der Waals surface area (Å²) < 4.78 is 29.2. The van der Waals surface area contributed by atoms with Crippen LogP contribution in [0.2, 0.25) is 0 Å². The van der Waals surface area contributed by atoms with Crippen molar-refractivity contribution < 1.29 is 18.4 Å². The van der Waals surface area contributed by atoms with E-state index in [0.29, 0.717) is 17.0 Å². The molecule has 0 radical (unpaired) electrons. The zero-order chi connectivity index (χ0) is 20.5. The van der Waals surface area contributed by atoms with Gasteiger partial charge in [-0.3, -0.25) is 9.59 Å². The molecular formula is C19H18F2N6O2. The molecule has 2 aromatic heterocycles. The molecule has 0 aliphatic carbocycles. The number of rotatable bonds is 5. The third-order valence-corrected chi connectivity index (χ3v) is 4.78. The Bertz CT molecular complexity index is 1090. The minimum absolute atomic E-state index is 0.0948. The number of primary amides is 1. The van der Waals surface area contributed by atoms with Gasteiger partial charge < -0.3 is 16.0 Å². The first kappa shape index (κ1) is 18.8. The molecule has 2 atom stereocenters. The minimum atomic E-state index is -1.10. The number of nitrogens with two attached hydrogens (primary N) is 1. The standard InChI is InChI=1S/C19H18F2N6O2/c20-12-3-1-2-11(6-12)14-7-13(21)10-26(14)18-5-4-17-23-8-15(27(17)25-18)19(29)24-9-16(22)28/h1-6,8,13-14H,7,9-10H2,(H2,22,28)(H,24,29)/t13-,14+/m0/s1. The second-order valence-corrected chi connectivity index (χ2v) is 6.81. The Morgan fingerprint density at radius 1 is 1.28 bits per heavy atom. The highest BCUT2D eigenvalue weighted by Gasteiger charge is 2.34. The Kier molecular flexibility index (Phi) is 4.83. The third kappa shape index (κ3) is 3.73. The van der Waals surface area contributed by atoms with Gasteiger partial charge in [0.25, 0.3) is 5.91 Å². The Hall–Kier alpha value is -3.56. The van der Waals surface area contributed by atoms with E-state index < -0.39 is 23.8 Å². The summed E-state index contributed by atoms with van der Waals surface area (Å²) in [6, 6.07) is 9.00. The van der Waals surface area contributed by atoms with Gasteiger partial charge in [0.2, 0.25) is 5.91 Å². The van der Waals surface area contributed by atoms with Crippen LogP contribution in [-0.2, 0) is 4.79 Å². The first-order valence-electron chi connectivity index (χ1n) is 9.00. The zero-order valence-corrected chi connectivity index (χ0v) is 15.3. The fourth-order valence-corrected chi connectivity index (χ4v) is 3.50. The monoisotopic (exact) mass is 400 g/mol. The SMILES string of the molecule is NC(=O)CNC(=O)c1cnc2ccc(N3C[C@@H](F)C[C@@H]3c3cccc(F)c3)nn12. The van der Waals surface area contributed by atoms with Crippen LogP contribution in [0.25, 0.3) is 5.65 Å². The lowest BCUT2D eigenvalue weighted by atomic mass is 10.0. The highest BCUT2D eigenvalue weighted by molar-refractivity contribution is 5.95. The number of hydrogen-bond acceptors (Lipinski definition) is 5. The normalized spacial score (nSPS) is 18.9.